The van der Waals surface area contributed by atoms with E-state index in [1.54, 1.807) is 0 Å². The van der Waals surface area contributed by atoms with E-state index in [0.29, 0.717) is 5.92 Å². The maximum Gasteiger partial charge on any atom is 0.270 e. The van der Waals surface area contributed by atoms with E-state index in [2.05, 4.69) is 12.2 Å². The van der Waals surface area contributed by atoms with Crippen molar-refractivity contribution in [2.24, 2.45) is 5.92 Å². The molecule has 2 rings (SSSR count). The number of hydrogen-bond acceptors (Lipinski definition) is 3. The van der Waals surface area contributed by atoms with Crippen molar-refractivity contribution >= 4 is 11.6 Å². The molecule has 1 fully saturated rings. The third-order valence-electron chi connectivity index (χ3n) is 4.10. The van der Waals surface area contributed by atoms with E-state index in [4.69, 9.17) is 0 Å². The Morgan fingerprint density at radius 2 is 2.24 bits per heavy atom. The molecule has 21 heavy (non-hydrogen) atoms. The van der Waals surface area contributed by atoms with Gasteiger partial charge in [-0.3, -0.25) is 14.9 Å². The number of carbonyl (C=O) groups excluding carboxylic acids is 1. The zero-order valence-corrected chi connectivity index (χ0v) is 12.0. The molecule has 1 amide bonds. The minimum atomic E-state index is -0.735. The number of nitro groups is 1. The largest absolute Gasteiger partial charge is 0.349 e. The van der Waals surface area contributed by atoms with Gasteiger partial charge >= 0.3 is 0 Å². The Labute approximate surface area is 122 Å². The molecule has 1 aromatic carbocycles. The van der Waals surface area contributed by atoms with Gasteiger partial charge < -0.3 is 5.32 Å². The summed E-state index contributed by atoms with van der Waals surface area (Å²) in [6.45, 7) is 2.12. The van der Waals surface area contributed by atoms with Gasteiger partial charge in [0.2, 0.25) is 0 Å². The molecule has 1 aromatic rings. The second kappa shape index (κ2) is 6.65. The average Bonchev–Trinajstić information content (AvgIpc) is 2.47. The number of non-ortho nitro benzene ring substituents is 1. The first-order chi connectivity index (χ1) is 10.0. The van der Waals surface area contributed by atoms with Gasteiger partial charge in [-0.05, 0) is 24.8 Å². The van der Waals surface area contributed by atoms with Crippen LogP contribution >= 0.6 is 0 Å². The predicted octanol–water partition coefficient (Wildman–Crippen LogP) is 3.43. The quantitative estimate of drug-likeness (QED) is 0.683. The van der Waals surface area contributed by atoms with Crippen LogP contribution in [0.4, 0.5) is 10.1 Å². The highest BCUT2D eigenvalue weighted by atomic mass is 19.1. The Hall–Kier alpha value is -1.98. The lowest BCUT2D eigenvalue weighted by Gasteiger charge is -2.29. The molecule has 114 valence electrons. The smallest absolute Gasteiger partial charge is 0.270 e. The number of nitrogens with zero attached hydrogens (tertiary/aromatic N) is 1. The van der Waals surface area contributed by atoms with E-state index < -0.39 is 16.6 Å². The van der Waals surface area contributed by atoms with Gasteiger partial charge in [0.1, 0.15) is 5.82 Å². The van der Waals surface area contributed by atoms with Crippen LogP contribution in [-0.2, 0) is 0 Å². The van der Waals surface area contributed by atoms with Gasteiger partial charge in [-0.1, -0.05) is 26.2 Å². The summed E-state index contributed by atoms with van der Waals surface area (Å²) < 4.78 is 13.7. The lowest BCUT2D eigenvalue weighted by molar-refractivity contribution is -0.384. The molecule has 0 bridgehead atoms. The van der Waals surface area contributed by atoms with Crippen molar-refractivity contribution in [1.29, 1.82) is 0 Å². The number of halogens is 1. The second-order valence-corrected chi connectivity index (χ2v) is 5.53. The molecule has 0 saturated heterocycles. The highest BCUT2D eigenvalue weighted by Gasteiger charge is 2.24. The van der Waals surface area contributed by atoms with Gasteiger partial charge in [0.15, 0.2) is 0 Å². The number of rotatable bonds is 4. The Balaban J connectivity index is 2.09. The number of hydrogen-bond donors (Lipinski definition) is 1. The fourth-order valence-electron chi connectivity index (χ4n) is 2.86. The molecule has 0 heterocycles. The maximum atomic E-state index is 13.7. The van der Waals surface area contributed by atoms with Crippen LogP contribution in [0.3, 0.4) is 0 Å². The van der Waals surface area contributed by atoms with E-state index >= 15 is 0 Å². The molecule has 5 nitrogen and oxygen atoms in total. The summed E-state index contributed by atoms with van der Waals surface area (Å²) in [5, 5.41) is 13.5. The summed E-state index contributed by atoms with van der Waals surface area (Å²) in [5.74, 6) is -0.724. The van der Waals surface area contributed by atoms with Gasteiger partial charge in [0, 0.05) is 18.2 Å². The third kappa shape index (κ3) is 3.77. The Morgan fingerprint density at radius 3 is 2.90 bits per heavy atom. The summed E-state index contributed by atoms with van der Waals surface area (Å²) in [6, 6.07) is 3.03. The van der Waals surface area contributed by atoms with Gasteiger partial charge in [-0.15, -0.1) is 0 Å². The Kier molecular flexibility index (Phi) is 4.88. The van der Waals surface area contributed by atoms with Crippen LogP contribution in [0.2, 0.25) is 0 Å². The first-order valence-electron chi connectivity index (χ1n) is 7.26. The summed E-state index contributed by atoms with van der Waals surface area (Å²) in [5.41, 5.74) is -0.542. The summed E-state index contributed by atoms with van der Waals surface area (Å²) in [4.78, 5) is 22.2. The molecule has 1 N–H and O–H groups in total. The predicted molar refractivity (Wildman–Crippen MR) is 76.6 cm³/mol. The average molecular weight is 294 g/mol. The van der Waals surface area contributed by atoms with Crippen molar-refractivity contribution in [3.63, 3.8) is 0 Å². The molecule has 0 aliphatic heterocycles. The minimum Gasteiger partial charge on any atom is -0.349 e. The molecular formula is C15H19FN2O3. The zero-order chi connectivity index (χ0) is 15.4. The van der Waals surface area contributed by atoms with Gasteiger partial charge in [-0.25, -0.2) is 4.39 Å². The number of carbonyl (C=O) groups is 1. The molecule has 0 radical (unpaired) electrons. The topological polar surface area (TPSA) is 72.2 Å². The minimum absolute atomic E-state index is 0.0230. The van der Waals surface area contributed by atoms with E-state index in [9.17, 15) is 19.3 Å². The van der Waals surface area contributed by atoms with E-state index in [1.807, 2.05) is 0 Å². The van der Waals surface area contributed by atoms with Gasteiger partial charge in [-0.2, -0.15) is 0 Å². The van der Waals surface area contributed by atoms with Crippen molar-refractivity contribution in [3.05, 3.63) is 39.7 Å². The first kappa shape index (κ1) is 15.4. The third-order valence-corrected chi connectivity index (χ3v) is 4.10. The molecular weight excluding hydrogens is 275 g/mol. The van der Waals surface area contributed by atoms with Gasteiger partial charge in [0.25, 0.3) is 11.6 Å². The van der Waals surface area contributed by atoms with Crippen LogP contribution in [0.25, 0.3) is 0 Å². The van der Waals surface area contributed by atoms with E-state index in [1.165, 1.54) is 0 Å². The molecule has 6 heteroatoms. The van der Waals surface area contributed by atoms with Crippen LogP contribution in [0.15, 0.2) is 18.2 Å². The number of nitrogens with one attached hydrogen (secondary N) is 1. The standard InChI is InChI=1S/C15H19FN2O3/c1-2-10-4-3-5-11(8-10)17-15(19)13-9-12(18(20)21)6-7-14(13)16/h6-7,9-11H,2-5,8H2,1H3,(H,17,19). The van der Waals surface area contributed by atoms with E-state index in [-0.39, 0.29) is 17.3 Å². The highest BCUT2D eigenvalue weighted by molar-refractivity contribution is 5.95. The zero-order valence-electron chi connectivity index (χ0n) is 12.0. The monoisotopic (exact) mass is 294 g/mol. The van der Waals surface area contributed by atoms with Crippen molar-refractivity contribution < 1.29 is 14.1 Å². The number of benzene rings is 1. The molecule has 2 unspecified atom stereocenters. The number of nitro benzene ring substituents is 1. The summed E-state index contributed by atoms with van der Waals surface area (Å²) in [7, 11) is 0. The van der Waals surface area contributed by atoms with Crippen molar-refractivity contribution in [1.82, 2.24) is 5.32 Å². The summed E-state index contributed by atoms with van der Waals surface area (Å²) in [6.07, 6.45) is 5.03. The fourth-order valence-corrected chi connectivity index (χ4v) is 2.86. The SMILES string of the molecule is CCC1CCCC(NC(=O)c2cc([N+](=O)[O-])ccc2F)C1. The van der Waals surface area contributed by atoms with Crippen molar-refractivity contribution in [2.75, 3.05) is 0 Å². The van der Waals surface area contributed by atoms with Crippen LogP contribution in [-0.4, -0.2) is 16.9 Å². The van der Waals surface area contributed by atoms with Crippen LogP contribution < -0.4 is 5.32 Å². The van der Waals surface area contributed by atoms with E-state index in [0.717, 1.165) is 50.3 Å². The van der Waals surface area contributed by atoms with Gasteiger partial charge in [0.05, 0.1) is 10.5 Å². The fraction of sp³-hybridized carbons (Fsp3) is 0.533. The summed E-state index contributed by atoms with van der Waals surface area (Å²) >= 11 is 0. The Morgan fingerprint density at radius 1 is 1.48 bits per heavy atom. The maximum absolute atomic E-state index is 13.7. The normalized spacial score (nSPS) is 21.8. The van der Waals surface area contributed by atoms with Crippen LogP contribution in [0.5, 0.6) is 0 Å². The van der Waals surface area contributed by atoms with Crippen molar-refractivity contribution in [3.8, 4) is 0 Å². The first-order valence-corrected chi connectivity index (χ1v) is 7.26. The molecule has 2 atom stereocenters. The molecule has 0 aromatic heterocycles. The Bertz CT molecular complexity index is 548. The lowest BCUT2D eigenvalue weighted by atomic mass is 9.84. The molecule has 1 aliphatic rings. The van der Waals surface area contributed by atoms with Crippen molar-refractivity contribution in [2.45, 2.75) is 45.1 Å². The molecule has 1 aliphatic carbocycles. The van der Waals surface area contributed by atoms with Crippen LogP contribution in [0, 0.1) is 21.8 Å². The second-order valence-electron chi connectivity index (χ2n) is 5.53. The molecule has 1 saturated carbocycles. The number of amides is 1. The lowest BCUT2D eigenvalue weighted by Crippen LogP contribution is -2.38. The molecule has 0 spiro atoms. The van der Waals surface area contributed by atoms with Crippen LogP contribution in [0.1, 0.15) is 49.4 Å². The highest BCUT2D eigenvalue weighted by Crippen LogP contribution is 2.27.